The van der Waals surface area contributed by atoms with Gasteiger partial charge in [-0.3, -0.25) is 9.89 Å². The van der Waals surface area contributed by atoms with Gasteiger partial charge < -0.3 is 9.15 Å². The second kappa shape index (κ2) is 8.08. The standard InChI is InChI=1S/C20H16ClN3O3S/c1-12-4-2-3-5-16(12)26-10-19-22-20(24-23-19)28-11-15(25)18-9-13-8-14(21)6-7-17(13)27-18/h2-9H,10-11H2,1H3,(H,22,23,24). The molecule has 6 nitrogen and oxygen atoms in total. The van der Waals surface area contributed by atoms with Gasteiger partial charge in [0.25, 0.3) is 0 Å². The molecule has 0 atom stereocenters. The second-order valence-corrected chi connectivity index (χ2v) is 7.50. The maximum Gasteiger partial charge on any atom is 0.209 e. The Hall–Kier alpha value is -2.77. The normalized spacial score (nSPS) is 11.1. The molecule has 4 aromatic rings. The van der Waals surface area contributed by atoms with Crippen molar-refractivity contribution in [1.29, 1.82) is 0 Å². The topological polar surface area (TPSA) is 81.0 Å². The fourth-order valence-corrected chi connectivity index (χ4v) is 3.49. The highest BCUT2D eigenvalue weighted by Crippen LogP contribution is 2.25. The molecular weight excluding hydrogens is 398 g/mol. The molecule has 0 amide bonds. The van der Waals surface area contributed by atoms with Gasteiger partial charge in [-0.1, -0.05) is 41.6 Å². The van der Waals surface area contributed by atoms with Crippen LogP contribution in [0, 0.1) is 6.92 Å². The first-order valence-corrected chi connectivity index (χ1v) is 9.89. The first-order valence-electron chi connectivity index (χ1n) is 8.53. The van der Waals surface area contributed by atoms with Gasteiger partial charge in [0.2, 0.25) is 10.9 Å². The lowest BCUT2D eigenvalue weighted by Crippen LogP contribution is -2.01. The number of Topliss-reactive ketones (excluding diaryl/α,β-unsaturated/α-hetero) is 1. The largest absolute Gasteiger partial charge is 0.485 e. The summed E-state index contributed by atoms with van der Waals surface area (Å²) in [6, 6.07) is 14.7. The number of furan rings is 1. The highest BCUT2D eigenvalue weighted by atomic mass is 35.5. The van der Waals surface area contributed by atoms with Crippen molar-refractivity contribution in [2.24, 2.45) is 0 Å². The molecule has 2 aromatic heterocycles. The Kier molecular flexibility index (Phi) is 5.36. The Morgan fingerprint density at radius 3 is 2.96 bits per heavy atom. The van der Waals surface area contributed by atoms with Crippen molar-refractivity contribution in [1.82, 2.24) is 15.2 Å². The van der Waals surface area contributed by atoms with Gasteiger partial charge in [0.05, 0.1) is 5.75 Å². The third kappa shape index (κ3) is 4.21. The molecule has 4 rings (SSSR count). The number of rotatable bonds is 7. The number of halogens is 1. The highest BCUT2D eigenvalue weighted by Gasteiger charge is 2.15. The molecule has 0 fully saturated rings. The zero-order chi connectivity index (χ0) is 19.5. The molecule has 0 aliphatic carbocycles. The van der Waals surface area contributed by atoms with E-state index in [1.165, 1.54) is 11.8 Å². The molecule has 0 spiro atoms. The van der Waals surface area contributed by atoms with Gasteiger partial charge in [-0.15, -0.1) is 5.10 Å². The Balaban J connectivity index is 1.34. The van der Waals surface area contributed by atoms with E-state index in [-0.39, 0.29) is 18.1 Å². The lowest BCUT2D eigenvalue weighted by Gasteiger charge is -2.06. The first kappa shape index (κ1) is 18.6. The van der Waals surface area contributed by atoms with Gasteiger partial charge in [0.15, 0.2) is 11.6 Å². The first-order chi connectivity index (χ1) is 13.6. The van der Waals surface area contributed by atoms with Gasteiger partial charge in [-0.25, -0.2) is 4.98 Å². The summed E-state index contributed by atoms with van der Waals surface area (Å²) in [5.41, 5.74) is 1.68. The van der Waals surface area contributed by atoms with Crippen molar-refractivity contribution in [3.05, 3.63) is 70.7 Å². The molecule has 8 heteroatoms. The number of hydrogen-bond acceptors (Lipinski definition) is 6. The number of ketones is 1. The molecule has 0 radical (unpaired) electrons. The van der Waals surface area contributed by atoms with Crippen LogP contribution >= 0.6 is 23.4 Å². The van der Waals surface area contributed by atoms with Crippen molar-refractivity contribution < 1.29 is 13.9 Å². The summed E-state index contributed by atoms with van der Waals surface area (Å²) in [6.45, 7) is 2.26. The maximum atomic E-state index is 12.4. The maximum absolute atomic E-state index is 12.4. The lowest BCUT2D eigenvalue weighted by atomic mass is 10.2. The zero-order valence-electron chi connectivity index (χ0n) is 14.9. The molecular formula is C20H16ClN3O3S. The van der Waals surface area contributed by atoms with E-state index < -0.39 is 0 Å². The van der Waals surface area contributed by atoms with Gasteiger partial charge in [0.1, 0.15) is 17.9 Å². The summed E-state index contributed by atoms with van der Waals surface area (Å²) in [7, 11) is 0. The van der Waals surface area contributed by atoms with Gasteiger partial charge in [0, 0.05) is 10.4 Å². The van der Waals surface area contributed by atoms with Crippen LogP contribution in [0.3, 0.4) is 0 Å². The number of carbonyl (C=O) groups excluding carboxylic acids is 1. The minimum absolute atomic E-state index is 0.139. The molecule has 2 heterocycles. The monoisotopic (exact) mass is 413 g/mol. The van der Waals surface area contributed by atoms with Crippen molar-refractivity contribution in [2.45, 2.75) is 18.7 Å². The number of aromatic amines is 1. The molecule has 142 valence electrons. The van der Waals surface area contributed by atoms with E-state index in [0.717, 1.165) is 16.7 Å². The summed E-state index contributed by atoms with van der Waals surface area (Å²) in [5.74, 6) is 1.72. The van der Waals surface area contributed by atoms with E-state index >= 15 is 0 Å². The summed E-state index contributed by atoms with van der Waals surface area (Å²) < 4.78 is 11.3. The number of thioether (sulfide) groups is 1. The van der Waals surface area contributed by atoms with Crippen LogP contribution < -0.4 is 4.74 Å². The van der Waals surface area contributed by atoms with Crippen LogP contribution in [0.1, 0.15) is 21.9 Å². The van der Waals surface area contributed by atoms with E-state index in [9.17, 15) is 4.79 Å². The number of nitrogens with zero attached hydrogens (tertiary/aromatic N) is 2. The van der Waals surface area contributed by atoms with Crippen LogP contribution in [0.15, 0.2) is 58.1 Å². The van der Waals surface area contributed by atoms with E-state index in [1.54, 1.807) is 24.3 Å². The molecule has 28 heavy (non-hydrogen) atoms. The average Bonchev–Trinajstić information content (AvgIpc) is 3.32. The quantitative estimate of drug-likeness (QED) is 0.336. The van der Waals surface area contributed by atoms with E-state index in [2.05, 4.69) is 15.2 Å². The summed E-state index contributed by atoms with van der Waals surface area (Å²) in [6.07, 6.45) is 0. The number of carbonyl (C=O) groups is 1. The van der Waals surface area contributed by atoms with Crippen LogP contribution in [-0.2, 0) is 6.61 Å². The molecule has 0 saturated heterocycles. The van der Waals surface area contributed by atoms with Crippen LogP contribution in [0.2, 0.25) is 5.02 Å². The fraction of sp³-hybridized carbons (Fsp3) is 0.150. The van der Waals surface area contributed by atoms with E-state index in [0.29, 0.717) is 27.3 Å². The number of H-pyrrole nitrogens is 1. The van der Waals surface area contributed by atoms with E-state index in [4.69, 9.17) is 20.8 Å². The number of nitrogens with one attached hydrogen (secondary N) is 1. The smallest absolute Gasteiger partial charge is 0.209 e. The predicted molar refractivity (Wildman–Crippen MR) is 108 cm³/mol. The number of para-hydroxylation sites is 1. The molecule has 2 aromatic carbocycles. The number of ether oxygens (including phenoxy) is 1. The number of benzene rings is 2. The predicted octanol–water partition coefficient (Wildman–Crippen LogP) is 5.07. The lowest BCUT2D eigenvalue weighted by molar-refractivity contribution is 0.0994. The summed E-state index contributed by atoms with van der Waals surface area (Å²) in [4.78, 5) is 16.7. The number of aryl methyl sites for hydroxylation is 1. The van der Waals surface area contributed by atoms with Crippen molar-refractivity contribution in [3.63, 3.8) is 0 Å². The van der Waals surface area contributed by atoms with Gasteiger partial charge in [-0.05, 0) is 42.8 Å². The summed E-state index contributed by atoms with van der Waals surface area (Å²) in [5, 5.41) is 8.83. The number of aromatic nitrogens is 3. The average molecular weight is 414 g/mol. The minimum Gasteiger partial charge on any atom is -0.485 e. The highest BCUT2D eigenvalue weighted by molar-refractivity contribution is 7.99. The fourth-order valence-electron chi connectivity index (χ4n) is 2.62. The van der Waals surface area contributed by atoms with Crippen LogP contribution in [-0.4, -0.2) is 26.7 Å². The Bertz CT molecular complexity index is 1140. The van der Waals surface area contributed by atoms with Gasteiger partial charge >= 0.3 is 0 Å². The zero-order valence-corrected chi connectivity index (χ0v) is 16.5. The molecule has 0 unspecified atom stereocenters. The van der Waals surface area contributed by atoms with Crippen molar-refractivity contribution >= 4 is 40.1 Å². The number of fused-ring (bicyclic) bond motifs is 1. The Morgan fingerprint density at radius 2 is 2.11 bits per heavy atom. The number of hydrogen-bond donors (Lipinski definition) is 1. The van der Waals surface area contributed by atoms with Gasteiger partial charge in [-0.2, -0.15) is 0 Å². The molecule has 0 bridgehead atoms. The summed E-state index contributed by atoms with van der Waals surface area (Å²) >= 11 is 7.20. The van der Waals surface area contributed by atoms with Crippen molar-refractivity contribution in [3.8, 4) is 5.75 Å². The SMILES string of the molecule is Cc1ccccc1OCc1nc(SCC(=O)c2cc3cc(Cl)ccc3o2)n[nH]1. The molecule has 0 saturated carbocycles. The molecule has 1 N–H and O–H groups in total. The Morgan fingerprint density at radius 1 is 1.25 bits per heavy atom. The third-order valence-corrected chi connectivity index (χ3v) is 5.14. The van der Waals surface area contributed by atoms with Crippen molar-refractivity contribution in [2.75, 3.05) is 5.75 Å². The van der Waals surface area contributed by atoms with Crippen LogP contribution in [0.5, 0.6) is 5.75 Å². The van der Waals surface area contributed by atoms with Crippen LogP contribution in [0.25, 0.3) is 11.0 Å². The van der Waals surface area contributed by atoms with Crippen LogP contribution in [0.4, 0.5) is 0 Å². The molecule has 0 aliphatic heterocycles. The minimum atomic E-state index is -0.139. The Labute approximate surface area is 170 Å². The molecule has 0 aliphatic rings. The third-order valence-electron chi connectivity index (χ3n) is 4.05. The second-order valence-electron chi connectivity index (χ2n) is 6.12. The van der Waals surface area contributed by atoms with E-state index in [1.807, 2.05) is 31.2 Å².